The highest BCUT2D eigenvalue weighted by molar-refractivity contribution is 6.30. The molecule has 0 saturated carbocycles. The van der Waals surface area contributed by atoms with Crippen molar-refractivity contribution >= 4 is 28.5 Å². The molecule has 27 heavy (non-hydrogen) atoms. The molecule has 0 atom stereocenters. The van der Waals surface area contributed by atoms with Crippen LogP contribution >= 0.6 is 11.6 Å². The highest BCUT2D eigenvalue weighted by Crippen LogP contribution is 2.22. The Labute approximate surface area is 163 Å². The first-order valence-electron chi connectivity index (χ1n) is 9.10. The highest BCUT2D eigenvalue weighted by Gasteiger charge is 2.11. The normalized spacial score (nSPS) is 11.3. The molecule has 2 N–H and O–H groups in total. The Hall–Kier alpha value is -2.44. The zero-order chi connectivity index (χ0) is 19.4. The summed E-state index contributed by atoms with van der Waals surface area (Å²) in [5, 5.41) is 12.0. The average Bonchev–Trinajstić information content (AvgIpc) is 3.05. The summed E-state index contributed by atoms with van der Waals surface area (Å²) in [6.45, 7) is 7.93. The predicted octanol–water partition coefficient (Wildman–Crippen LogP) is 3.71. The molecule has 2 aromatic heterocycles. The van der Waals surface area contributed by atoms with Gasteiger partial charge in [0, 0.05) is 42.2 Å². The molecule has 3 aromatic rings. The van der Waals surface area contributed by atoms with Crippen LogP contribution in [0.5, 0.6) is 0 Å². The lowest BCUT2D eigenvalue weighted by Gasteiger charge is -2.10. The van der Waals surface area contributed by atoms with Crippen molar-refractivity contribution in [1.82, 2.24) is 25.4 Å². The number of nitrogens with zero attached hydrogens (tertiary/aromatic N) is 3. The van der Waals surface area contributed by atoms with Crippen molar-refractivity contribution in [2.75, 3.05) is 6.54 Å². The van der Waals surface area contributed by atoms with Gasteiger partial charge in [0.05, 0.1) is 6.20 Å². The number of hydrogen-bond acceptors (Lipinski definition) is 4. The number of carbonyl (C=O) groups excluding carboxylic acids is 1. The Bertz CT molecular complexity index is 933. The summed E-state index contributed by atoms with van der Waals surface area (Å²) in [7, 11) is 0. The van der Waals surface area contributed by atoms with E-state index >= 15 is 0 Å². The number of nitrogens with one attached hydrogen (secondary N) is 2. The molecule has 0 spiro atoms. The SMILES string of the molecule is CCNC(=O)c1ccc(CNCc2cc3cnn(C(C)C)c3nc2Cl)cc1. The molecule has 0 radical (unpaired) electrons. The fraction of sp³-hybridized carbons (Fsp3) is 0.350. The van der Waals surface area contributed by atoms with Crippen molar-refractivity contribution < 1.29 is 4.79 Å². The summed E-state index contributed by atoms with van der Waals surface area (Å²) in [5.41, 5.74) is 3.51. The molecule has 0 aliphatic heterocycles. The first-order chi connectivity index (χ1) is 13.0. The van der Waals surface area contributed by atoms with Gasteiger partial charge in [-0.1, -0.05) is 23.7 Å². The molecule has 1 aromatic carbocycles. The van der Waals surface area contributed by atoms with Crippen LogP contribution in [0.2, 0.25) is 5.15 Å². The molecular formula is C20H24ClN5O. The summed E-state index contributed by atoms with van der Waals surface area (Å²) < 4.78 is 1.87. The Morgan fingerprint density at radius 2 is 1.96 bits per heavy atom. The molecule has 2 heterocycles. The van der Waals surface area contributed by atoms with Gasteiger partial charge in [-0.25, -0.2) is 9.67 Å². The summed E-state index contributed by atoms with van der Waals surface area (Å²) in [6.07, 6.45) is 1.82. The maximum absolute atomic E-state index is 11.8. The summed E-state index contributed by atoms with van der Waals surface area (Å²) in [5.74, 6) is -0.0508. The van der Waals surface area contributed by atoms with E-state index in [1.54, 1.807) is 0 Å². The molecule has 7 heteroatoms. The van der Waals surface area contributed by atoms with Crippen molar-refractivity contribution in [3.8, 4) is 0 Å². The van der Waals surface area contributed by atoms with Gasteiger partial charge in [-0.3, -0.25) is 4.79 Å². The van der Waals surface area contributed by atoms with Crippen molar-refractivity contribution in [1.29, 1.82) is 0 Å². The average molecular weight is 386 g/mol. The Kier molecular flexibility index (Phi) is 6.08. The lowest BCUT2D eigenvalue weighted by Crippen LogP contribution is -2.22. The van der Waals surface area contributed by atoms with Crippen LogP contribution in [0.15, 0.2) is 36.5 Å². The Morgan fingerprint density at radius 1 is 1.22 bits per heavy atom. The number of halogens is 1. The molecule has 1 amide bonds. The number of amides is 1. The van der Waals surface area contributed by atoms with Gasteiger partial charge in [0.2, 0.25) is 0 Å². The molecule has 142 valence electrons. The van der Waals surface area contributed by atoms with Crippen LogP contribution in [0.1, 0.15) is 48.3 Å². The summed E-state index contributed by atoms with van der Waals surface area (Å²) in [6, 6.07) is 9.84. The van der Waals surface area contributed by atoms with Crippen molar-refractivity contribution in [2.24, 2.45) is 0 Å². The second-order valence-electron chi connectivity index (χ2n) is 6.69. The smallest absolute Gasteiger partial charge is 0.251 e. The van der Waals surface area contributed by atoms with Gasteiger partial charge >= 0.3 is 0 Å². The van der Waals surface area contributed by atoms with E-state index < -0.39 is 0 Å². The number of pyridine rings is 1. The summed E-state index contributed by atoms with van der Waals surface area (Å²) in [4.78, 5) is 16.3. The van der Waals surface area contributed by atoms with Gasteiger partial charge in [-0.2, -0.15) is 5.10 Å². The molecular weight excluding hydrogens is 362 g/mol. The Balaban J connectivity index is 1.63. The quantitative estimate of drug-likeness (QED) is 0.608. The van der Waals surface area contributed by atoms with E-state index in [2.05, 4.69) is 34.6 Å². The number of fused-ring (bicyclic) bond motifs is 1. The first-order valence-corrected chi connectivity index (χ1v) is 9.48. The number of rotatable bonds is 7. The second kappa shape index (κ2) is 8.50. The fourth-order valence-electron chi connectivity index (χ4n) is 2.88. The lowest BCUT2D eigenvalue weighted by atomic mass is 10.1. The molecule has 0 unspecified atom stereocenters. The van der Waals surface area contributed by atoms with Gasteiger partial charge in [0.25, 0.3) is 5.91 Å². The van der Waals surface area contributed by atoms with Crippen LogP contribution in [0.3, 0.4) is 0 Å². The molecule has 6 nitrogen and oxygen atoms in total. The first kappa shape index (κ1) is 19.3. The van der Waals surface area contributed by atoms with Crippen LogP contribution in [-0.2, 0) is 13.1 Å². The molecule has 0 aliphatic rings. The van der Waals surface area contributed by atoms with Crippen molar-refractivity contribution in [3.05, 3.63) is 58.4 Å². The fourth-order valence-corrected chi connectivity index (χ4v) is 3.08. The van der Waals surface area contributed by atoms with Crippen molar-refractivity contribution in [3.63, 3.8) is 0 Å². The van der Waals surface area contributed by atoms with Gasteiger partial charge in [0.1, 0.15) is 5.15 Å². The van der Waals surface area contributed by atoms with E-state index in [0.717, 1.165) is 22.2 Å². The number of carbonyl (C=O) groups is 1. The molecule has 0 aliphatic carbocycles. The Morgan fingerprint density at radius 3 is 2.63 bits per heavy atom. The molecule has 3 rings (SSSR count). The minimum absolute atomic E-state index is 0.0508. The van der Waals surface area contributed by atoms with Crippen LogP contribution in [0, 0.1) is 0 Å². The predicted molar refractivity (Wildman–Crippen MR) is 108 cm³/mol. The maximum atomic E-state index is 11.8. The minimum atomic E-state index is -0.0508. The van der Waals surface area contributed by atoms with E-state index in [0.29, 0.717) is 30.4 Å². The van der Waals surface area contributed by atoms with Crippen LogP contribution in [-0.4, -0.2) is 27.2 Å². The summed E-state index contributed by atoms with van der Waals surface area (Å²) >= 11 is 6.37. The van der Waals surface area contributed by atoms with Crippen LogP contribution in [0.25, 0.3) is 11.0 Å². The number of aromatic nitrogens is 3. The van der Waals surface area contributed by atoms with Crippen LogP contribution in [0.4, 0.5) is 0 Å². The van der Waals surface area contributed by atoms with Gasteiger partial charge in [-0.05, 0) is 44.5 Å². The van der Waals surface area contributed by atoms with Gasteiger partial charge in [-0.15, -0.1) is 0 Å². The topological polar surface area (TPSA) is 71.8 Å². The van der Waals surface area contributed by atoms with Gasteiger partial charge in [0.15, 0.2) is 5.65 Å². The molecule has 0 saturated heterocycles. The zero-order valence-electron chi connectivity index (χ0n) is 15.8. The lowest BCUT2D eigenvalue weighted by molar-refractivity contribution is 0.0956. The molecule has 0 fully saturated rings. The van der Waals surface area contributed by atoms with E-state index in [9.17, 15) is 4.79 Å². The van der Waals surface area contributed by atoms with Gasteiger partial charge < -0.3 is 10.6 Å². The minimum Gasteiger partial charge on any atom is -0.352 e. The van der Waals surface area contributed by atoms with E-state index in [-0.39, 0.29) is 11.9 Å². The van der Waals surface area contributed by atoms with E-state index in [1.165, 1.54) is 0 Å². The number of hydrogen-bond donors (Lipinski definition) is 2. The van der Waals surface area contributed by atoms with E-state index in [1.807, 2.05) is 48.1 Å². The zero-order valence-corrected chi connectivity index (χ0v) is 16.5. The highest BCUT2D eigenvalue weighted by atomic mass is 35.5. The largest absolute Gasteiger partial charge is 0.352 e. The third-order valence-electron chi connectivity index (χ3n) is 4.28. The third kappa shape index (κ3) is 4.46. The third-order valence-corrected chi connectivity index (χ3v) is 4.61. The monoisotopic (exact) mass is 385 g/mol. The van der Waals surface area contributed by atoms with Crippen molar-refractivity contribution in [2.45, 2.75) is 39.9 Å². The van der Waals surface area contributed by atoms with Crippen LogP contribution < -0.4 is 10.6 Å². The number of benzene rings is 1. The molecule has 0 bridgehead atoms. The maximum Gasteiger partial charge on any atom is 0.251 e. The second-order valence-corrected chi connectivity index (χ2v) is 7.05. The standard InChI is InChI=1S/C20H24ClN5O/c1-4-23-20(27)15-7-5-14(6-8-15)10-22-11-16-9-17-12-24-26(13(2)3)19(17)25-18(16)21/h5-9,12-13,22H,4,10-11H2,1-3H3,(H,23,27). The van der Waals surface area contributed by atoms with E-state index in [4.69, 9.17) is 11.6 Å².